The molecule has 7 nitrogen and oxygen atoms in total. The van der Waals surface area contributed by atoms with Crippen molar-refractivity contribution in [2.75, 3.05) is 27.7 Å². The highest BCUT2D eigenvalue weighted by atomic mass is 32.2. The van der Waals surface area contributed by atoms with Crippen LogP contribution in [0.2, 0.25) is 0 Å². The minimum Gasteiger partial charge on any atom is -0.348 e. The minimum atomic E-state index is -3.66. The molecule has 0 spiro atoms. The number of rotatable bonds is 4. The molecule has 90 valence electrons. The Bertz CT molecular complexity index is 452. The quantitative estimate of drug-likeness (QED) is 0.747. The third kappa shape index (κ3) is 2.58. The van der Waals surface area contributed by atoms with Crippen molar-refractivity contribution >= 4 is 15.9 Å². The molecule has 0 aliphatic carbocycles. The zero-order chi connectivity index (χ0) is 12.3. The van der Waals surface area contributed by atoms with Gasteiger partial charge >= 0.3 is 0 Å². The van der Waals surface area contributed by atoms with E-state index in [-0.39, 0.29) is 17.5 Å². The number of nitrogens with zero attached hydrogens (tertiary/aromatic N) is 3. The van der Waals surface area contributed by atoms with Crippen molar-refractivity contribution in [1.82, 2.24) is 19.4 Å². The highest BCUT2D eigenvalue weighted by molar-refractivity contribution is 7.89. The predicted molar refractivity (Wildman–Crippen MR) is 57.1 cm³/mol. The molecule has 0 aromatic carbocycles. The first kappa shape index (κ1) is 12.7. The van der Waals surface area contributed by atoms with Crippen molar-refractivity contribution in [2.24, 2.45) is 0 Å². The molecule has 0 aliphatic rings. The van der Waals surface area contributed by atoms with Crippen LogP contribution in [0, 0.1) is 0 Å². The lowest BCUT2D eigenvalue weighted by atomic mass is 10.5. The van der Waals surface area contributed by atoms with E-state index in [0.717, 1.165) is 4.31 Å². The van der Waals surface area contributed by atoms with Gasteiger partial charge in [-0.25, -0.2) is 8.42 Å². The Balaban J connectivity index is 2.82. The van der Waals surface area contributed by atoms with Crippen LogP contribution in [0.15, 0.2) is 17.3 Å². The maximum Gasteiger partial charge on any atom is 0.260 e. The van der Waals surface area contributed by atoms with E-state index >= 15 is 0 Å². The van der Waals surface area contributed by atoms with Crippen LogP contribution in [0.5, 0.6) is 0 Å². The number of nitrogens with one attached hydrogen (secondary N) is 1. The summed E-state index contributed by atoms with van der Waals surface area (Å²) in [7, 11) is 0.825. The lowest BCUT2D eigenvalue weighted by Crippen LogP contribution is -2.37. The van der Waals surface area contributed by atoms with E-state index in [1.54, 1.807) is 14.1 Å². The SMILES string of the molecule is CN(C)C(=O)CN(C)S(=O)(=O)c1ccn[nH]1. The highest BCUT2D eigenvalue weighted by Gasteiger charge is 2.24. The van der Waals surface area contributed by atoms with Gasteiger partial charge in [-0.3, -0.25) is 9.89 Å². The van der Waals surface area contributed by atoms with Crippen LogP contribution in [0.1, 0.15) is 0 Å². The molecular weight excluding hydrogens is 232 g/mol. The van der Waals surface area contributed by atoms with Crippen LogP contribution in [-0.4, -0.2) is 61.4 Å². The van der Waals surface area contributed by atoms with E-state index in [9.17, 15) is 13.2 Å². The average molecular weight is 246 g/mol. The van der Waals surface area contributed by atoms with Crippen molar-refractivity contribution in [3.8, 4) is 0 Å². The van der Waals surface area contributed by atoms with Gasteiger partial charge in [-0.05, 0) is 6.07 Å². The van der Waals surface area contributed by atoms with E-state index in [4.69, 9.17) is 0 Å². The Hall–Kier alpha value is -1.41. The summed E-state index contributed by atoms with van der Waals surface area (Å²) in [5, 5.41) is 5.89. The molecule has 0 fully saturated rings. The maximum absolute atomic E-state index is 11.8. The molecule has 1 amide bonds. The number of carbonyl (C=O) groups is 1. The molecule has 16 heavy (non-hydrogen) atoms. The van der Waals surface area contributed by atoms with Crippen molar-refractivity contribution in [3.63, 3.8) is 0 Å². The van der Waals surface area contributed by atoms with E-state index in [0.29, 0.717) is 0 Å². The molecule has 0 atom stereocenters. The van der Waals surface area contributed by atoms with Crippen LogP contribution in [0.4, 0.5) is 0 Å². The fourth-order valence-corrected chi connectivity index (χ4v) is 1.99. The van der Waals surface area contributed by atoms with Gasteiger partial charge in [0.1, 0.15) is 0 Å². The first-order valence-corrected chi connectivity index (χ1v) is 5.95. The summed E-state index contributed by atoms with van der Waals surface area (Å²) in [5.74, 6) is -0.286. The second kappa shape index (κ2) is 4.62. The first-order chi connectivity index (χ1) is 7.35. The van der Waals surface area contributed by atoms with Gasteiger partial charge in [-0.15, -0.1) is 0 Å². The normalized spacial score (nSPS) is 11.8. The van der Waals surface area contributed by atoms with Crippen molar-refractivity contribution < 1.29 is 13.2 Å². The maximum atomic E-state index is 11.8. The lowest BCUT2D eigenvalue weighted by Gasteiger charge is -2.17. The average Bonchev–Trinajstić information content (AvgIpc) is 2.70. The molecule has 1 heterocycles. The molecule has 0 saturated heterocycles. The Morgan fingerprint density at radius 1 is 1.44 bits per heavy atom. The fourth-order valence-electron chi connectivity index (χ4n) is 0.972. The third-order valence-corrected chi connectivity index (χ3v) is 3.75. The van der Waals surface area contributed by atoms with Gasteiger partial charge in [0.05, 0.1) is 12.7 Å². The Morgan fingerprint density at radius 2 is 2.06 bits per heavy atom. The summed E-state index contributed by atoms with van der Waals surface area (Å²) >= 11 is 0. The summed E-state index contributed by atoms with van der Waals surface area (Å²) in [4.78, 5) is 12.7. The van der Waals surface area contributed by atoms with Crippen LogP contribution in [0.3, 0.4) is 0 Å². The number of amides is 1. The van der Waals surface area contributed by atoms with Crippen LogP contribution >= 0.6 is 0 Å². The molecule has 1 aromatic rings. The van der Waals surface area contributed by atoms with E-state index in [1.165, 1.54) is 24.2 Å². The van der Waals surface area contributed by atoms with Gasteiger partial charge in [0.15, 0.2) is 5.03 Å². The lowest BCUT2D eigenvalue weighted by molar-refractivity contribution is -0.128. The number of hydrogen-bond acceptors (Lipinski definition) is 4. The Morgan fingerprint density at radius 3 is 2.50 bits per heavy atom. The number of sulfonamides is 1. The molecular formula is C8H14N4O3S. The highest BCUT2D eigenvalue weighted by Crippen LogP contribution is 2.09. The zero-order valence-corrected chi connectivity index (χ0v) is 10.2. The van der Waals surface area contributed by atoms with Gasteiger partial charge in [0, 0.05) is 21.1 Å². The second-order valence-electron chi connectivity index (χ2n) is 3.47. The van der Waals surface area contributed by atoms with Gasteiger partial charge in [-0.1, -0.05) is 0 Å². The number of carbonyl (C=O) groups excluding carboxylic acids is 1. The van der Waals surface area contributed by atoms with Gasteiger partial charge in [0.25, 0.3) is 10.0 Å². The molecule has 0 saturated carbocycles. The smallest absolute Gasteiger partial charge is 0.260 e. The molecule has 1 N–H and O–H groups in total. The summed E-state index contributed by atoms with van der Waals surface area (Å²) in [5.41, 5.74) is 0. The van der Waals surface area contributed by atoms with Crippen LogP contribution in [0.25, 0.3) is 0 Å². The monoisotopic (exact) mass is 246 g/mol. The zero-order valence-electron chi connectivity index (χ0n) is 9.34. The number of H-pyrrole nitrogens is 1. The molecule has 0 aliphatic heterocycles. The molecule has 0 radical (unpaired) electrons. The van der Waals surface area contributed by atoms with Crippen molar-refractivity contribution in [2.45, 2.75) is 5.03 Å². The number of aromatic amines is 1. The summed E-state index contributed by atoms with van der Waals surface area (Å²) in [6, 6.07) is 1.34. The van der Waals surface area contributed by atoms with Crippen molar-refractivity contribution in [1.29, 1.82) is 0 Å². The fraction of sp³-hybridized carbons (Fsp3) is 0.500. The molecule has 0 bridgehead atoms. The molecule has 1 aromatic heterocycles. The number of hydrogen-bond donors (Lipinski definition) is 1. The standard InChI is InChI=1S/C8H14N4O3S/c1-11(2)8(13)6-12(3)16(14,15)7-4-5-9-10-7/h4-5H,6H2,1-3H3,(H,9,10). The van der Waals surface area contributed by atoms with E-state index < -0.39 is 10.0 Å². The molecule has 0 unspecified atom stereocenters. The third-order valence-electron chi connectivity index (χ3n) is 2.02. The number of aromatic nitrogens is 2. The second-order valence-corrected chi connectivity index (χ2v) is 5.48. The minimum absolute atomic E-state index is 0.0263. The van der Waals surface area contributed by atoms with Gasteiger partial charge < -0.3 is 4.90 Å². The predicted octanol–water partition coefficient (Wildman–Crippen LogP) is -0.882. The van der Waals surface area contributed by atoms with Crippen LogP contribution in [-0.2, 0) is 14.8 Å². The molecule has 8 heteroatoms. The number of likely N-dealkylation sites (N-methyl/N-ethyl adjacent to an activating group) is 2. The topological polar surface area (TPSA) is 86.4 Å². The largest absolute Gasteiger partial charge is 0.348 e. The first-order valence-electron chi connectivity index (χ1n) is 4.51. The Kier molecular flexibility index (Phi) is 3.66. The van der Waals surface area contributed by atoms with Crippen LogP contribution < -0.4 is 0 Å². The van der Waals surface area contributed by atoms with E-state index in [2.05, 4.69) is 10.2 Å². The summed E-state index contributed by atoms with van der Waals surface area (Å²) < 4.78 is 24.6. The van der Waals surface area contributed by atoms with E-state index in [1.807, 2.05) is 0 Å². The van der Waals surface area contributed by atoms with Gasteiger partial charge in [-0.2, -0.15) is 9.40 Å². The summed E-state index contributed by atoms with van der Waals surface area (Å²) in [6.07, 6.45) is 1.34. The van der Waals surface area contributed by atoms with Crippen molar-refractivity contribution in [3.05, 3.63) is 12.3 Å². The van der Waals surface area contributed by atoms with Gasteiger partial charge in [0.2, 0.25) is 5.91 Å². The molecule has 1 rings (SSSR count). The Labute approximate surface area is 94.1 Å². The summed E-state index contributed by atoms with van der Waals surface area (Å²) in [6.45, 7) is -0.200.